The van der Waals surface area contributed by atoms with Crippen molar-refractivity contribution in [3.63, 3.8) is 0 Å². The highest BCUT2D eigenvalue weighted by molar-refractivity contribution is 7.09. The van der Waals surface area contributed by atoms with Gasteiger partial charge in [-0.1, -0.05) is 6.07 Å². The predicted molar refractivity (Wildman–Crippen MR) is 101 cm³/mol. The van der Waals surface area contributed by atoms with Gasteiger partial charge in [-0.05, 0) is 45.4 Å². The number of anilines is 1. The monoisotopic (exact) mass is 359 g/mol. The first-order valence-electron chi connectivity index (χ1n) is 8.58. The third-order valence-electron chi connectivity index (χ3n) is 4.52. The Morgan fingerprint density at radius 1 is 1.44 bits per heavy atom. The maximum absolute atomic E-state index is 12.4. The van der Waals surface area contributed by atoms with Crippen molar-refractivity contribution in [2.75, 3.05) is 32.0 Å². The summed E-state index contributed by atoms with van der Waals surface area (Å²) in [5, 5.41) is 2.90. The van der Waals surface area contributed by atoms with E-state index in [4.69, 9.17) is 0 Å². The maximum Gasteiger partial charge on any atom is 0.323 e. The van der Waals surface area contributed by atoms with Crippen LogP contribution in [-0.4, -0.2) is 52.5 Å². The molecule has 0 aromatic carbocycles. The molecule has 3 heterocycles. The Morgan fingerprint density at radius 2 is 2.28 bits per heavy atom. The van der Waals surface area contributed by atoms with E-state index in [0.717, 1.165) is 44.0 Å². The van der Waals surface area contributed by atoms with E-state index in [1.165, 1.54) is 4.88 Å². The van der Waals surface area contributed by atoms with Gasteiger partial charge < -0.3 is 9.80 Å². The number of carbonyl (C=O) groups excluding carboxylic acids is 1. The van der Waals surface area contributed by atoms with Crippen molar-refractivity contribution in [2.45, 2.75) is 26.8 Å². The summed E-state index contributed by atoms with van der Waals surface area (Å²) in [4.78, 5) is 26.6. The van der Waals surface area contributed by atoms with Gasteiger partial charge >= 0.3 is 6.03 Å². The Kier molecular flexibility index (Phi) is 5.65. The molecule has 0 saturated carbocycles. The smallest absolute Gasteiger partial charge is 0.323 e. The van der Waals surface area contributed by atoms with Crippen LogP contribution in [0.4, 0.5) is 10.6 Å². The van der Waals surface area contributed by atoms with Crippen molar-refractivity contribution in [1.29, 1.82) is 0 Å². The summed E-state index contributed by atoms with van der Waals surface area (Å²) in [5.74, 6) is 1.13. The minimum Gasteiger partial charge on any atom is -0.324 e. The summed E-state index contributed by atoms with van der Waals surface area (Å²) in [6.45, 7) is 7.48. The van der Waals surface area contributed by atoms with Crippen molar-refractivity contribution in [2.24, 2.45) is 5.92 Å². The van der Waals surface area contributed by atoms with Gasteiger partial charge in [0, 0.05) is 36.8 Å². The molecular weight excluding hydrogens is 334 g/mol. The van der Waals surface area contributed by atoms with E-state index in [-0.39, 0.29) is 6.03 Å². The number of aryl methyl sites for hydroxylation is 2. The van der Waals surface area contributed by atoms with Crippen LogP contribution in [0.1, 0.15) is 22.7 Å². The average Bonchev–Trinajstić information content (AvgIpc) is 3.17. The predicted octanol–water partition coefficient (Wildman–Crippen LogP) is 3.14. The second-order valence-corrected chi connectivity index (χ2v) is 7.69. The SMILES string of the molecule is Cc1cccc(NC(=O)N2CC[C@H](CN(C)Cc3scnc3C)C2)n1. The molecule has 7 heteroatoms. The van der Waals surface area contributed by atoms with Gasteiger partial charge in [-0.3, -0.25) is 5.32 Å². The van der Waals surface area contributed by atoms with Crippen LogP contribution < -0.4 is 5.32 Å². The molecule has 1 fully saturated rings. The molecule has 0 bridgehead atoms. The summed E-state index contributed by atoms with van der Waals surface area (Å²) in [6, 6.07) is 5.59. The van der Waals surface area contributed by atoms with E-state index < -0.39 is 0 Å². The van der Waals surface area contributed by atoms with Crippen molar-refractivity contribution in [1.82, 2.24) is 19.8 Å². The second kappa shape index (κ2) is 7.93. The molecule has 0 unspecified atom stereocenters. The molecule has 2 amide bonds. The molecule has 2 aromatic rings. The van der Waals surface area contributed by atoms with Crippen LogP contribution in [-0.2, 0) is 6.54 Å². The number of aromatic nitrogens is 2. The van der Waals surface area contributed by atoms with E-state index in [1.54, 1.807) is 11.3 Å². The highest BCUT2D eigenvalue weighted by Crippen LogP contribution is 2.20. The van der Waals surface area contributed by atoms with Crippen LogP contribution in [0.25, 0.3) is 0 Å². The number of rotatable bonds is 5. The van der Waals surface area contributed by atoms with Gasteiger partial charge in [-0.25, -0.2) is 14.8 Å². The number of carbonyl (C=O) groups is 1. The molecule has 25 heavy (non-hydrogen) atoms. The fraction of sp³-hybridized carbons (Fsp3) is 0.500. The molecule has 1 aliphatic rings. The molecule has 2 aromatic heterocycles. The zero-order valence-electron chi connectivity index (χ0n) is 15.0. The molecule has 1 N–H and O–H groups in total. The fourth-order valence-corrected chi connectivity index (χ4v) is 4.05. The second-order valence-electron chi connectivity index (χ2n) is 6.75. The first-order valence-corrected chi connectivity index (χ1v) is 9.46. The minimum atomic E-state index is -0.0541. The summed E-state index contributed by atoms with van der Waals surface area (Å²) in [6.07, 6.45) is 1.04. The van der Waals surface area contributed by atoms with Gasteiger partial charge in [-0.15, -0.1) is 11.3 Å². The summed E-state index contributed by atoms with van der Waals surface area (Å²) in [7, 11) is 2.14. The Hall–Kier alpha value is -1.99. The zero-order valence-corrected chi connectivity index (χ0v) is 15.8. The number of nitrogens with one attached hydrogen (secondary N) is 1. The van der Waals surface area contributed by atoms with Gasteiger partial charge in [0.1, 0.15) is 5.82 Å². The van der Waals surface area contributed by atoms with E-state index in [1.807, 2.05) is 35.5 Å². The molecule has 3 rings (SSSR count). The van der Waals surface area contributed by atoms with E-state index in [2.05, 4.69) is 34.2 Å². The molecule has 1 saturated heterocycles. The lowest BCUT2D eigenvalue weighted by Crippen LogP contribution is -2.34. The number of pyridine rings is 1. The standard InChI is InChI=1S/C18H25N5OS/c1-13-5-4-6-17(20-13)21-18(24)23-8-7-15(10-23)9-22(3)11-16-14(2)19-12-25-16/h4-6,12,15H,7-11H2,1-3H3,(H,20,21,24)/t15-/m1/s1. The van der Waals surface area contributed by atoms with Crippen LogP contribution in [0.3, 0.4) is 0 Å². The van der Waals surface area contributed by atoms with Crippen LogP contribution >= 0.6 is 11.3 Å². The quantitative estimate of drug-likeness (QED) is 0.891. The van der Waals surface area contributed by atoms with Gasteiger partial charge in [0.05, 0.1) is 11.2 Å². The highest BCUT2D eigenvalue weighted by atomic mass is 32.1. The summed E-state index contributed by atoms with van der Waals surface area (Å²) in [5.41, 5.74) is 3.92. The average molecular weight is 359 g/mol. The van der Waals surface area contributed by atoms with Gasteiger partial charge in [0.2, 0.25) is 0 Å². The largest absolute Gasteiger partial charge is 0.324 e. The number of hydrogen-bond donors (Lipinski definition) is 1. The maximum atomic E-state index is 12.4. The van der Waals surface area contributed by atoms with Crippen molar-refractivity contribution in [3.8, 4) is 0 Å². The number of hydrogen-bond acceptors (Lipinski definition) is 5. The fourth-order valence-electron chi connectivity index (χ4n) is 3.20. The van der Waals surface area contributed by atoms with Crippen LogP contribution in [0.5, 0.6) is 0 Å². The van der Waals surface area contributed by atoms with Gasteiger partial charge in [-0.2, -0.15) is 0 Å². The minimum absolute atomic E-state index is 0.0541. The lowest BCUT2D eigenvalue weighted by Gasteiger charge is -2.21. The first-order chi connectivity index (χ1) is 12.0. The molecular formula is C18H25N5OS. The van der Waals surface area contributed by atoms with Crippen LogP contribution in [0.2, 0.25) is 0 Å². The van der Waals surface area contributed by atoms with E-state index in [9.17, 15) is 4.79 Å². The first kappa shape index (κ1) is 17.8. The van der Waals surface area contributed by atoms with Gasteiger partial charge in [0.25, 0.3) is 0 Å². The van der Waals surface area contributed by atoms with Crippen LogP contribution in [0, 0.1) is 19.8 Å². The van der Waals surface area contributed by atoms with Gasteiger partial charge in [0.15, 0.2) is 0 Å². The number of amides is 2. The zero-order chi connectivity index (χ0) is 17.8. The molecule has 0 aliphatic carbocycles. The number of thiazole rings is 1. The molecule has 0 spiro atoms. The van der Waals surface area contributed by atoms with E-state index >= 15 is 0 Å². The molecule has 1 atom stereocenters. The normalized spacial score (nSPS) is 17.3. The summed E-state index contributed by atoms with van der Waals surface area (Å²) >= 11 is 1.71. The number of nitrogens with zero attached hydrogens (tertiary/aromatic N) is 4. The van der Waals surface area contributed by atoms with Crippen molar-refractivity contribution < 1.29 is 4.79 Å². The Morgan fingerprint density at radius 3 is 3.00 bits per heavy atom. The Labute approximate surface area is 152 Å². The lowest BCUT2D eigenvalue weighted by molar-refractivity contribution is 0.217. The van der Waals surface area contributed by atoms with Crippen molar-refractivity contribution >= 4 is 23.2 Å². The topological polar surface area (TPSA) is 61.4 Å². The summed E-state index contributed by atoms with van der Waals surface area (Å²) < 4.78 is 0. The number of likely N-dealkylation sites (tertiary alicyclic amines) is 1. The molecule has 134 valence electrons. The van der Waals surface area contributed by atoms with Crippen LogP contribution in [0.15, 0.2) is 23.7 Å². The Bertz CT molecular complexity index is 732. The molecule has 1 aliphatic heterocycles. The molecule has 6 nitrogen and oxygen atoms in total. The lowest BCUT2D eigenvalue weighted by atomic mass is 10.1. The third kappa shape index (κ3) is 4.76. The van der Waals surface area contributed by atoms with E-state index in [0.29, 0.717) is 11.7 Å². The number of urea groups is 1. The molecule has 0 radical (unpaired) electrons. The highest BCUT2D eigenvalue weighted by Gasteiger charge is 2.27. The Balaban J connectivity index is 1.48. The van der Waals surface area contributed by atoms with Crippen molar-refractivity contribution in [3.05, 3.63) is 40.0 Å². The third-order valence-corrected chi connectivity index (χ3v) is 5.44.